The molecule has 0 radical (unpaired) electrons. The third-order valence-corrected chi connectivity index (χ3v) is 3.85. The molecule has 144 valence electrons. The zero-order valence-corrected chi connectivity index (χ0v) is 18.1. The monoisotopic (exact) mass is 473 g/mol. The second-order valence-electron chi connectivity index (χ2n) is 5.71. The van der Waals surface area contributed by atoms with Crippen LogP contribution in [0.1, 0.15) is 26.0 Å². The SMILES string of the molecule is CCC(C)NC(=NCCc1ccco1)Nc1ccc(OC)c(OC)c1.I. The summed E-state index contributed by atoms with van der Waals surface area (Å²) in [6.07, 6.45) is 3.44. The fourth-order valence-corrected chi connectivity index (χ4v) is 2.24. The third kappa shape index (κ3) is 6.78. The number of halogens is 1. The van der Waals surface area contributed by atoms with Crippen molar-refractivity contribution in [2.45, 2.75) is 32.7 Å². The molecule has 0 aliphatic carbocycles. The Morgan fingerprint density at radius 1 is 1.19 bits per heavy atom. The van der Waals surface area contributed by atoms with Crippen LogP contribution in [0.15, 0.2) is 46.0 Å². The molecule has 0 fully saturated rings. The van der Waals surface area contributed by atoms with Crippen LogP contribution in [0.3, 0.4) is 0 Å². The molecule has 2 rings (SSSR count). The minimum Gasteiger partial charge on any atom is -0.493 e. The van der Waals surface area contributed by atoms with E-state index in [9.17, 15) is 0 Å². The number of anilines is 1. The number of aliphatic imine (C=N–C) groups is 1. The van der Waals surface area contributed by atoms with Crippen LogP contribution in [-0.2, 0) is 6.42 Å². The Hall–Kier alpha value is -1.90. The van der Waals surface area contributed by atoms with Gasteiger partial charge in [0.25, 0.3) is 0 Å². The van der Waals surface area contributed by atoms with Gasteiger partial charge in [0.1, 0.15) is 5.76 Å². The number of nitrogens with zero attached hydrogens (tertiary/aromatic N) is 1. The Kier molecular flexibility index (Phi) is 9.93. The van der Waals surface area contributed by atoms with E-state index in [1.807, 2.05) is 30.3 Å². The van der Waals surface area contributed by atoms with Crippen LogP contribution >= 0.6 is 24.0 Å². The van der Waals surface area contributed by atoms with Crippen LogP contribution in [0, 0.1) is 0 Å². The van der Waals surface area contributed by atoms with Gasteiger partial charge >= 0.3 is 0 Å². The van der Waals surface area contributed by atoms with E-state index in [1.165, 1.54) is 0 Å². The van der Waals surface area contributed by atoms with Crippen LogP contribution in [0.25, 0.3) is 0 Å². The second-order valence-corrected chi connectivity index (χ2v) is 5.71. The Labute approximate surface area is 172 Å². The zero-order chi connectivity index (χ0) is 18.1. The third-order valence-electron chi connectivity index (χ3n) is 3.85. The number of benzene rings is 1. The van der Waals surface area contributed by atoms with Gasteiger partial charge in [-0.15, -0.1) is 24.0 Å². The lowest BCUT2D eigenvalue weighted by molar-refractivity contribution is 0.355. The fourth-order valence-electron chi connectivity index (χ4n) is 2.24. The van der Waals surface area contributed by atoms with Gasteiger partial charge in [0, 0.05) is 30.8 Å². The smallest absolute Gasteiger partial charge is 0.196 e. The summed E-state index contributed by atoms with van der Waals surface area (Å²) in [5.74, 6) is 3.02. The highest BCUT2D eigenvalue weighted by atomic mass is 127. The lowest BCUT2D eigenvalue weighted by Crippen LogP contribution is -2.37. The molecule has 1 heterocycles. The van der Waals surface area contributed by atoms with Crippen molar-refractivity contribution in [1.82, 2.24) is 5.32 Å². The molecular weight excluding hydrogens is 445 g/mol. The van der Waals surface area contributed by atoms with E-state index in [-0.39, 0.29) is 24.0 Å². The fraction of sp³-hybridized carbons (Fsp3) is 0.421. The van der Waals surface area contributed by atoms with Gasteiger partial charge in [0.15, 0.2) is 17.5 Å². The molecule has 1 aromatic heterocycles. The van der Waals surface area contributed by atoms with E-state index in [0.717, 1.165) is 30.2 Å². The predicted octanol–water partition coefficient (Wildman–Crippen LogP) is 4.31. The molecule has 0 spiro atoms. The maximum atomic E-state index is 5.35. The summed E-state index contributed by atoms with van der Waals surface area (Å²) >= 11 is 0. The van der Waals surface area contributed by atoms with Crippen molar-refractivity contribution < 1.29 is 13.9 Å². The lowest BCUT2D eigenvalue weighted by atomic mass is 10.2. The van der Waals surface area contributed by atoms with E-state index in [4.69, 9.17) is 13.9 Å². The van der Waals surface area contributed by atoms with Crippen molar-refractivity contribution in [1.29, 1.82) is 0 Å². The van der Waals surface area contributed by atoms with Crippen molar-refractivity contribution in [3.8, 4) is 11.5 Å². The van der Waals surface area contributed by atoms with Gasteiger partial charge in [-0.05, 0) is 37.6 Å². The minimum atomic E-state index is 0. The summed E-state index contributed by atoms with van der Waals surface area (Å²) < 4.78 is 16.0. The van der Waals surface area contributed by atoms with Crippen LogP contribution in [0.2, 0.25) is 0 Å². The van der Waals surface area contributed by atoms with Gasteiger partial charge in [0.2, 0.25) is 0 Å². The quantitative estimate of drug-likeness (QED) is 0.340. The Bertz CT molecular complexity index is 675. The average Bonchev–Trinajstić information content (AvgIpc) is 3.14. The number of hydrogen-bond acceptors (Lipinski definition) is 4. The Morgan fingerprint density at radius 2 is 1.96 bits per heavy atom. The van der Waals surface area contributed by atoms with Crippen molar-refractivity contribution in [3.63, 3.8) is 0 Å². The highest BCUT2D eigenvalue weighted by molar-refractivity contribution is 14.0. The largest absolute Gasteiger partial charge is 0.493 e. The average molecular weight is 473 g/mol. The van der Waals surface area contributed by atoms with Crippen molar-refractivity contribution in [2.75, 3.05) is 26.1 Å². The molecule has 7 heteroatoms. The van der Waals surface area contributed by atoms with Crippen molar-refractivity contribution in [2.24, 2.45) is 4.99 Å². The van der Waals surface area contributed by atoms with Crippen LogP contribution in [-0.4, -0.2) is 32.8 Å². The van der Waals surface area contributed by atoms with E-state index >= 15 is 0 Å². The lowest BCUT2D eigenvalue weighted by Gasteiger charge is -2.18. The summed E-state index contributed by atoms with van der Waals surface area (Å²) in [4.78, 5) is 4.64. The number of hydrogen-bond donors (Lipinski definition) is 2. The number of methoxy groups -OCH3 is 2. The number of furan rings is 1. The molecule has 26 heavy (non-hydrogen) atoms. The first-order chi connectivity index (χ1) is 12.2. The van der Waals surface area contributed by atoms with Crippen LogP contribution in [0.5, 0.6) is 11.5 Å². The molecule has 0 saturated heterocycles. The van der Waals surface area contributed by atoms with E-state index in [2.05, 4.69) is 29.5 Å². The highest BCUT2D eigenvalue weighted by Crippen LogP contribution is 2.29. The number of rotatable bonds is 8. The first-order valence-electron chi connectivity index (χ1n) is 8.48. The van der Waals surface area contributed by atoms with Gasteiger partial charge in [-0.25, -0.2) is 0 Å². The maximum Gasteiger partial charge on any atom is 0.196 e. The number of guanidine groups is 1. The molecule has 2 N–H and O–H groups in total. The van der Waals surface area contributed by atoms with Gasteiger partial charge in [-0.1, -0.05) is 6.92 Å². The molecule has 0 aliphatic heterocycles. The molecule has 0 aliphatic rings. The topological polar surface area (TPSA) is 68.0 Å². The summed E-state index contributed by atoms with van der Waals surface area (Å²) in [6.45, 7) is 4.89. The first kappa shape index (κ1) is 22.1. The normalized spacial score (nSPS) is 12.1. The molecule has 0 saturated carbocycles. The minimum absolute atomic E-state index is 0. The number of ether oxygens (including phenoxy) is 2. The summed E-state index contributed by atoms with van der Waals surface area (Å²) in [7, 11) is 3.24. The molecule has 1 aromatic carbocycles. The predicted molar refractivity (Wildman–Crippen MR) is 116 cm³/mol. The summed E-state index contributed by atoms with van der Waals surface area (Å²) in [5.41, 5.74) is 0.880. The molecule has 2 aromatic rings. The maximum absolute atomic E-state index is 5.35. The van der Waals surface area contributed by atoms with Gasteiger partial charge < -0.3 is 24.5 Å². The van der Waals surface area contributed by atoms with Crippen LogP contribution < -0.4 is 20.1 Å². The van der Waals surface area contributed by atoms with E-state index in [1.54, 1.807) is 20.5 Å². The van der Waals surface area contributed by atoms with Crippen molar-refractivity contribution >= 4 is 35.6 Å². The van der Waals surface area contributed by atoms with Gasteiger partial charge in [-0.3, -0.25) is 4.99 Å². The molecule has 0 amide bonds. The Balaban J connectivity index is 0.00000338. The molecule has 1 atom stereocenters. The second kappa shape index (κ2) is 11.7. The molecule has 1 unspecified atom stereocenters. The summed E-state index contributed by atoms with van der Waals surface area (Å²) in [5, 5.41) is 6.72. The molecular formula is C19H28IN3O3. The first-order valence-corrected chi connectivity index (χ1v) is 8.48. The highest BCUT2D eigenvalue weighted by Gasteiger charge is 2.08. The van der Waals surface area contributed by atoms with Gasteiger partial charge in [0.05, 0.1) is 20.5 Å². The molecule has 6 nitrogen and oxygen atoms in total. The Morgan fingerprint density at radius 3 is 2.58 bits per heavy atom. The van der Waals surface area contributed by atoms with Crippen molar-refractivity contribution in [3.05, 3.63) is 42.4 Å². The summed E-state index contributed by atoms with van der Waals surface area (Å²) in [6, 6.07) is 9.85. The standard InChI is InChI=1S/C19H27N3O3.HI/c1-5-14(2)21-19(20-11-10-16-7-6-12-25-16)22-15-8-9-17(23-3)18(13-15)24-4;/h6-9,12-14H,5,10-11H2,1-4H3,(H2,20,21,22);1H. The molecule has 0 bridgehead atoms. The zero-order valence-electron chi connectivity index (χ0n) is 15.7. The van der Waals surface area contributed by atoms with Gasteiger partial charge in [-0.2, -0.15) is 0 Å². The van der Waals surface area contributed by atoms with E-state index < -0.39 is 0 Å². The van der Waals surface area contributed by atoms with E-state index in [0.29, 0.717) is 24.1 Å². The van der Waals surface area contributed by atoms with Crippen LogP contribution in [0.4, 0.5) is 5.69 Å². The number of nitrogens with one attached hydrogen (secondary N) is 2.